The fourth-order valence-corrected chi connectivity index (χ4v) is 4.73. The van der Waals surface area contributed by atoms with E-state index in [1.165, 1.54) is 4.90 Å². The van der Waals surface area contributed by atoms with Gasteiger partial charge < -0.3 is 10.5 Å². The number of anilines is 2. The SMILES string of the molecule is Nc1ccc(N2CCC3(CCS(=O)(=O)C3)OC2=O)cc1. The minimum atomic E-state index is -3.08. The molecule has 0 bridgehead atoms. The van der Waals surface area contributed by atoms with Gasteiger partial charge in [-0.3, -0.25) is 4.90 Å². The summed E-state index contributed by atoms with van der Waals surface area (Å²) in [5.41, 5.74) is 6.13. The summed E-state index contributed by atoms with van der Waals surface area (Å²) in [4.78, 5) is 13.6. The molecule has 1 aromatic rings. The fraction of sp³-hybridized carbons (Fsp3) is 0.462. The zero-order valence-electron chi connectivity index (χ0n) is 10.9. The number of sulfone groups is 1. The van der Waals surface area contributed by atoms with Gasteiger partial charge in [0, 0.05) is 30.8 Å². The summed E-state index contributed by atoms with van der Waals surface area (Å²) in [6, 6.07) is 6.93. The van der Waals surface area contributed by atoms with Crippen LogP contribution in [-0.2, 0) is 14.6 Å². The number of carbonyl (C=O) groups is 1. The summed E-state index contributed by atoms with van der Waals surface area (Å²) < 4.78 is 28.6. The number of ether oxygens (including phenoxy) is 1. The molecule has 0 saturated carbocycles. The predicted octanol–water partition coefficient (Wildman–Crippen LogP) is 1.17. The third-order valence-corrected chi connectivity index (χ3v) is 5.66. The first-order valence-corrected chi connectivity index (χ1v) is 8.28. The highest BCUT2D eigenvalue weighted by Gasteiger charge is 2.49. The van der Waals surface area contributed by atoms with Crippen LogP contribution in [0.1, 0.15) is 12.8 Å². The van der Waals surface area contributed by atoms with Crippen LogP contribution in [0.5, 0.6) is 0 Å². The smallest absolute Gasteiger partial charge is 0.414 e. The van der Waals surface area contributed by atoms with Crippen LogP contribution in [-0.4, -0.2) is 38.2 Å². The van der Waals surface area contributed by atoms with E-state index < -0.39 is 21.5 Å². The van der Waals surface area contributed by atoms with Gasteiger partial charge in [0.2, 0.25) is 0 Å². The molecule has 7 heteroatoms. The average molecular weight is 296 g/mol. The first-order chi connectivity index (χ1) is 9.39. The van der Waals surface area contributed by atoms with Crippen molar-refractivity contribution in [3.05, 3.63) is 24.3 Å². The Kier molecular flexibility index (Phi) is 2.89. The van der Waals surface area contributed by atoms with Crippen LogP contribution < -0.4 is 10.6 Å². The zero-order chi connectivity index (χ0) is 14.4. The van der Waals surface area contributed by atoms with Crippen molar-refractivity contribution in [2.45, 2.75) is 18.4 Å². The Morgan fingerprint density at radius 2 is 1.90 bits per heavy atom. The lowest BCUT2D eigenvalue weighted by Gasteiger charge is -2.38. The molecule has 2 fully saturated rings. The van der Waals surface area contributed by atoms with Gasteiger partial charge in [0.15, 0.2) is 9.84 Å². The molecule has 1 atom stereocenters. The lowest BCUT2D eigenvalue weighted by atomic mass is 9.97. The number of rotatable bonds is 1. The van der Waals surface area contributed by atoms with Gasteiger partial charge in [-0.1, -0.05) is 0 Å². The molecule has 0 aromatic heterocycles. The summed E-state index contributed by atoms with van der Waals surface area (Å²) in [6.07, 6.45) is 0.442. The third-order valence-electron chi connectivity index (χ3n) is 3.87. The highest BCUT2D eigenvalue weighted by molar-refractivity contribution is 7.91. The van der Waals surface area contributed by atoms with Crippen LogP contribution in [0.15, 0.2) is 24.3 Å². The van der Waals surface area contributed by atoms with Crippen molar-refractivity contribution in [2.75, 3.05) is 28.7 Å². The van der Waals surface area contributed by atoms with E-state index in [2.05, 4.69) is 0 Å². The quantitative estimate of drug-likeness (QED) is 0.786. The number of nitrogens with two attached hydrogens (primary N) is 1. The van der Waals surface area contributed by atoms with E-state index in [0.29, 0.717) is 30.8 Å². The Balaban J connectivity index is 1.78. The molecule has 2 saturated heterocycles. The van der Waals surface area contributed by atoms with E-state index in [-0.39, 0.29) is 11.5 Å². The first-order valence-electron chi connectivity index (χ1n) is 6.46. The Hall–Kier alpha value is -1.76. The van der Waals surface area contributed by atoms with Gasteiger partial charge in [0.1, 0.15) is 5.60 Å². The number of nitrogen functional groups attached to an aromatic ring is 1. The minimum Gasteiger partial charge on any atom is -0.441 e. The van der Waals surface area contributed by atoms with Crippen molar-refractivity contribution in [1.29, 1.82) is 0 Å². The molecule has 1 aromatic carbocycles. The van der Waals surface area contributed by atoms with Crippen molar-refractivity contribution in [2.24, 2.45) is 0 Å². The topological polar surface area (TPSA) is 89.7 Å². The molecule has 2 aliphatic rings. The van der Waals surface area contributed by atoms with E-state index in [4.69, 9.17) is 10.5 Å². The summed E-state index contributed by atoms with van der Waals surface area (Å²) >= 11 is 0. The lowest BCUT2D eigenvalue weighted by Crippen LogP contribution is -2.50. The lowest BCUT2D eigenvalue weighted by molar-refractivity contribution is 0.0150. The number of carbonyl (C=O) groups excluding carboxylic acids is 1. The molecule has 2 heterocycles. The number of hydrogen-bond donors (Lipinski definition) is 1. The molecule has 1 unspecified atom stereocenters. The second-order valence-electron chi connectivity index (χ2n) is 5.39. The molecule has 6 nitrogen and oxygen atoms in total. The normalized spacial score (nSPS) is 28.6. The summed E-state index contributed by atoms with van der Waals surface area (Å²) in [7, 11) is -3.08. The van der Waals surface area contributed by atoms with E-state index in [0.717, 1.165) is 0 Å². The monoisotopic (exact) mass is 296 g/mol. The molecule has 108 valence electrons. The van der Waals surface area contributed by atoms with Crippen molar-refractivity contribution in [3.8, 4) is 0 Å². The van der Waals surface area contributed by atoms with E-state index >= 15 is 0 Å². The standard InChI is InChI=1S/C13H16N2O4S/c14-10-1-3-11(4-2-10)15-7-5-13(19-12(15)16)6-8-20(17,18)9-13/h1-4H,5-9,14H2. The zero-order valence-corrected chi connectivity index (χ0v) is 11.7. The summed E-state index contributed by atoms with van der Waals surface area (Å²) in [5, 5.41) is 0. The maximum Gasteiger partial charge on any atom is 0.414 e. The molecule has 2 N–H and O–H groups in total. The van der Waals surface area contributed by atoms with Crippen molar-refractivity contribution < 1.29 is 17.9 Å². The van der Waals surface area contributed by atoms with Crippen molar-refractivity contribution in [3.63, 3.8) is 0 Å². The van der Waals surface area contributed by atoms with Crippen LogP contribution in [0, 0.1) is 0 Å². The van der Waals surface area contributed by atoms with Gasteiger partial charge in [-0.25, -0.2) is 13.2 Å². The van der Waals surface area contributed by atoms with Crippen molar-refractivity contribution >= 4 is 27.3 Å². The number of amides is 1. The Morgan fingerprint density at radius 1 is 1.20 bits per heavy atom. The first kappa shape index (κ1) is 13.2. The van der Waals surface area contributed by atoms with Gasteiger partial charge in [-0.15, -0.1) is 0 Å². The maximum atomic E-state index is 12.1. The second-order valence-corrected chi connectivity index (χ2v) is 7.57. The molecule has 20 heavy (non-hydrogen) atoms. The van der Waals surface area contributed by atoms with Crippen LogP contribution in [0.25, 0.3) is 0 Å². The number of hydrogen-bond acceptors (Lipinski definition) is 5. The van der Waals surface area contributed by atoms with Crippen LogP contribution in [0.4, 0.5) is 16.2 Å². The Bertz CT molecular complexity index is 641. The number of benzene rings is 1. The van der Waals surface area contributed by atoms with E-state index in [1.54, 1.807) is 24.3 Å². The molecule has 0 radical (unpaired) electrons. The molecular weight excluding hydrogens is 280 g/mol. The molecule has 1 spiro atoms. The fourth-order valence-electron chi connectivity index (χ4n) is 2.75. The molecule has 0 aliphatic carbocycles. The molecular formula is C13H16N2O4S. The second kappa shape index (κ2) is 4.37. The van der Waals surface area contributed by atoms with Gasteiger partial charge in [-0.05, 0) is 24.3 Å². The largest absolute Gasteiger partial charge is 0.441 e. The van der Waals surface area contributed by atoms with Crippen LogP contribution >= 0.6 is 0 Å². The molecule has 2 aliphatic heterocycles. The Morgan fingerprint density at radius 3 is 2.45 bits per heavy atom. The third kappa shape index (κ3) is 2.33. The molecule has 3 rings (SSSR count). The minimum absolute atomic E-state index is 0.0542. The van der Waals surface area contributed by atoms with Gasteiger partial charge >= 0.3 is 6.09 Å². The van der Waals surface area contributed by atoms with Gasteiger partial charge in [0.25, 0.3) is 0 Å². The highest BCUT2D eigenvalue weighted by atomic mass is 32.2. The van der Waals surface area contributed by atoms with Crippen LogP contribution in [0.3, 0.4) is 0 Å². The summed E-state index contributed by atoms with van der Waals surface area (Å²) in [6.45, 7) is 0.457. The maximum absolute atomic E-state index is 12.1. The van der Waals surface area contributed by atoms with Gasteiger partial charge in [0.05, 0.1) is 11.5 Å². The van der Waals surface area contributed by atoms with E-state index in [9.17, 15) is 13.2 Å². The molecule has 1 amide bonds. The number of nitrogens with zero attached hydrogens (tertiary/aromatic N) is 1. The summed E-state index contributed by atoms with van der Waals surface area (Å²) in [5.74, 6) is 0.0451. The van der Waals surface area contributed by atoms with Gasteiger partial charge in [-0.2, -0.15) is 0 Å². The predicted molar refractivity (Wildman–Crippen MR) is 75.3 cm³/mol. The van der Waals surface area contributed by atoms with E-state index in [1.807, 2.05) is 0 Å². The van der Waals surface area contributed by atoms with Crippen LogP contribution in [0.2, 0.25) is 0 Å². The Labute approximate surface area is 117 Å². The van der Waals surface area contributed by atoms with Crippen molar-refractivity contribution in [1.82, 2.24) is 0 Å². The average Bonchev–Trinajstić information content (AvgIpc) is 2.66. The highest BCUT2D eigenvalue weighted by Crippen LogP contribution is 2.36.